The lowest BCUT2D eigenvalue weighted by atomic mass is 9.67. The van der Waals surface area contributed by atoms with E-state index in [0.29, 0.717) is 5.71 Å². The van der Waals surface area contributed by atoms with E-state index in [-0.39, 0.29) is 0 Å². The Morgan fingerprint density at radius 1 is 0.452 bits per heavy atom. The maximum absolute atomic E-state index is 6.38. The Morgan fingerprint density at radius 3 is 1.83 bits per heavy atom. The molecule has 0 unspecified atom stereocenters. The van der Waals surface area contributed by atoms with Crippen LogP contribution in [0, 0.1) is 0 Å². The third-order valence-electron chi connectivity index (χ3n) is 8.97. The van der Waals surface area contributed by atoms with E-state index >= 15 is 0 Å². The number of fused-ring (bicyclic) bond motifs is 7. The third kappa shape index (κ3) is 3.01. The molecule has 0 amide bonds. The molecule has 0 saturated heterocycles. The lowest BCUT2D eigenvalue weighted by molar-refractivity contribution is 0.656. The average Bonchev–Trinajstić information content (AvgIpc) is 3.58. The molecule has 1 aliphatic carbocycles. The zero-order valence-electron chi connectivity index (χ0n) is 22.8. The first-order valence-corrected chi connectivity index (χ1v) is 14.4. The fourth-order valence-corrected chi connectivity index (χ4v) is 7.36. The summed E-state index contributed by atoms with van der Waals surface area (Å²) in [7, 11) is 0. The van der Waals surface area contributed by atoms with Crippen LogP contribution < -0.4 is 0 Å². The van der Waals surface area contributed by atoms with Gasteiger partial charge in [-0.1, -0.05) is 140 Å². The van der Waals surface area contributed by atoms with Crippen LogP contribution in [0.1, 0.15) is 22.3 Å². The molecule has 0 atom stereocenters. The van der Waals surface area contributed by atoms with Crippen molar-refractivity contribution in [2.45, 2.75) is 5.41 Å². The monoisotopic (exact) mass is 535 g/mol. The van der Waals surface area contributed by atoms with Crippen molar-refractivity contribution >= 4 is 33.0 Å². The number of hydrogen-bond acceptors (Lipinski definition) is 2. The SMILES string of the molecule is c1ccc(C2(c3ccccc3)c3ccccc3-c3c(-c4c5ccccc5nc5oc6ccccc6c45)cccc32)cc1. The van der Waals surface area contributed by atoms with Gasteiger partial charge >= 0.3 is 0 Å². The summed E-state index contributed by atoms with van der Waals surface area (Å²) in [5.41, 5.74) is 12.0. The number of nitrogens with zero attached hydrogens (tertiary/aromatic N) is 1. The van der Waals surface area contributed by atoms with Crippen molar-refractivity contribution in [3.8, 4) is 22.3 Å². The highest BCUT2D eigenvalue weighted by molar-refractivity contribution is 6.20. The first-order chi connectivity index (χ1) is 20.9. The Balaban J connectivity index is 1.49. The number of hydrogen-bond donors (Lipinski definition) is 0. The minimum atomic E-state index is -0.454. The number of rotatable bonds is 3. The van der Waals surface area contributed by atoms with Crippen molar-refractivity contribution in [1.82, 2.24) is 4.98 Å². The van der Waals surface area contributed by atoms with Gasteiger partial charge in [0.05, 0.1) is 16.3 Å². The lowest BCUT2D eigenvalue weighted by Crippen LogP contribution is -2.28. The molecule has 0 fully saturated rings. The van der Waals surface area contributed by atoms with Gasteiger partial charge < -0.3 is 4.42 Å². The lowest BCUT2D eigenvalue weighted by Gasteiger charge is -2.34. The van der Waals surface area contributed by atoms with E-state index in [1.807, 2.05) is 18.2 Å². The topological polar surface area (TPSA) is 26.0 Å². The molecule has 8 aromatic rings. The van der Waals surface area contributed by atoms with Crippen molar-refractivity contribution in [3.63, 3.8) is 0 Å². The summed E-state index contributed by atoms with van der Waals surface area (Å²) in [5.74, 6) is 0. The molecule has 2 aromatic heterocycles. The third-order valence-corrected chi connectivity index (χ3v) is 8.97. The van der Waals surface area contributed by atoms with E-state index < -0.39 is 5.41 Å². The number of para-hydroxylation sites is 2. The fourth-order valence-electron chi connectivity index (χ4n) is 7.36. The fraction of sp³-hybridized carbons (Fsp3) is 0.0250. The smallest absolute Gasteiger partial charge is 0.228 e. The van der Waals surface area contributed by atoms with Crippen LogP contribution in [0.15, 0.2) is 156 Å². The second-order valence-corrected chi connectivity index (χ2v) is 11.0. The first kappa shape index (κ1) is 23.3. The maximum Gasteiger partial charge on any atom is 0.228 e. The van der Waals surface area contributed by atoms with E-state index in [1.165, 1.54) is 44.5 Å². The molecule has 0 bridgehead atoms. The van der Waals surface area contributed by atoms with E-state index in [0.717, 1.165) is 27.3 Å². The Labute approximate surface area is 243 Å². The van der Waals surface area contributed by atoms with Crippen molar-refractivity contribution in [2.24, 2.45) is 0 Å². The molecule has 42 heavy (non-hydrogen) atoms. The van der Waals surface area contributed by atoms with Crippen LogP contribution in [-0.2, 0) is 5.41 Å². The summed E-state index contributed by atoms with van der Waals surface area (Å²) >= 11 is 0. The van der Waals surface area contributed by atoms with Gasteiger partial charge in [0.25, 0.3) is 0 Å². The van der Waals surface area contributed by atoms with Gasteiger partial charge in [-0.2, -0.15) is 0 Å². The predicted octanol–water partition coefficient (Wildman–Crippen LogP) is 10.2. The average molecular weight is 536 g/mol. The minimum absolute atomic E-state index is 0.454. The quantitative estimate of drug-likeness (QED) is 0.225. The zero-order chi connectivity index (χ0) is 27.7. The molecule has 6 aromatic carbocycles. The molecule has 196 valence electrons. The predicted molar refractivity (Wildman–Crippen MR) is 172 cm³/mol. The molecule has 1 aliphatic rings. The summed E-state index contributed by atoms with van der Waals surface area (Å²) in [6.07, 6.45) is 0. The van der Waals surface area contributed by atoms with Crippen molar-refractivity contribution in [1.29, 1.82) is 0 Å². The number of furan rings is 1. The van der Waals surface area contributed by atoms with Crippen LogP contribution in [0.2, 0.25) is 0 Å². The van der Waals surface area contributed by atoms with Gasteiger partial charge in [0, 0.05) is 16.3 Å². The number of pyridine rings is 1. The van der Waals surface area contributed by atoms with E-state index in [1.54, 1.807) is 0 Å². The molecule has 9 rings (SSSR count). The van der Waals surface area contributed by atoms with Crippen LogP contribution in [0.25, 0.3) is 55.2 Å². The van der Waals surface area contributed by atoms with Gasteiger partial charge in [0.1, 0.15) is 5.58 Å². The number of aromatic nitrogens is 1. The Bertz CT molecular complexity index is 2260. The van der Waals surface area contributed by atoms with Crippen LogP contribution in [0.4, 0.5) is 0 Å². The van der Waals surface area contributed by atoms with Gasteiger partial charge in [0.2, 0.25) is 5.71 Å². The molecule has 0 aliphatic heterocycles. The largest absolute Gasteiger partial charge is 0.438 e. The Hall–Kier alpha value is -5.47. The summed E-state index contributed by atoms with van der Waals surface area (Å²) in [5, 5.41) is 3.27. The van der Waals surface area contributed by atoms with Gasteiger partial charge in [-0.25, -0.2) is 4.98 Å². The van der Waals surface area contributed by atoms with Crippen LogP contribution in [0.5, 0.6) is 0 Å². The molecule has 0 spiro atoms. The summed E-state index contributed by atoms with van der Waals surface area (Å²) < 4.78 is 6.38. The summed E-state index contributed by atoms with van der Waals surface area (Å²) in [6.45, 7) is 0. The minimum Gasteiger partial charge on any atom is -0.438 e. The first-order valence-electron chi connectivity index (χ1n) is 14.4. The summed E-state index contributed by atoms with van der Waals surface area (Å²) in [4.78, 5) is 5.00. The highest BCUT2D eigenvalue weighted by Gasteiger charge is 2.46. The second kappa shape index (κ2) is 8.76. The van der Waals surface area contributed by atoms with Crippen LogP contribution in [0.3, 0.4) is 0 Å². The maximum atomic E-state index is 6.38. The normalized spacial score (nSPS) is 13.4. The van der Waals surface area contributed by atoms with Crippen LogP contribution in [-0.4, -0.2) is 4.98 Å². The second-order valence-electron chi connectivity index (χ2n) is 11.0. The molecule has 0 saturated carbocycles. The van der Waals surface area contributed by atoms with Crippen LogP contribution >= 0.6 is 0 Å². The molecule has 2 heterocycles. The van der Waals surface area contributed by atoms with E-state index in [2.05, 4.69) is 133 Å². The zero-order valence-corrected chi connectivity index (χ0v) is 22.8. The highest BCUT2D eigenvalue weighted by atomic mass is 16.3. The van der Waals surface area contributed by atoms with Crippen molar-refractivity contribution in [3.05, 3.63) is 174 Å². The highest BCUT2D eigenvalue weighted by Crippen LogP contribution is 2.59. The number of benzene rings is 6. The molecule has 0 radical (unpaired) electrons. The molecule has 2 nitrogen and oxygen atoms in total. The summed E-state index contributed by atoms with van der Waals surface area (Å²) in [6, 6.07) is 54.4. The van der Waals surface area contributed by atoms with Gasteiger partial charge in [-0.15, -0.1) is 0 Å². The van der Waals surface area contributed by atoms with E-state index in [4.69, 9.17) is 9.40 Å². The van der Waals surface area contributed by atoms with Crippen molar-refractivity contribution < 1.29 is 4.42 Å². The van der Waals surface area contributed by atoms with Crippen molar-refractivity contribution in [2.75, 3.05) is 0 Å². The van der Waals surface area contributed by atoms with Gasteiger partial charge in [-0.3, -0.25) is 0 Å². The molecular formula is C40H25NO. The standard InChI is InChI=1S/C40H25NO/c1-3-14-26(15-4-1)40(27-16-5-2-6-17-27)32-22-10-7-18-28(32)36-31(21-13-23-33(36)40)37-29-19-8-11-24-34(29)41-39-38(37)30-20-9-12-25-35(30)42-39/h1-25H. The Morgan fingerprint density at radius 2 is 1.05 bits per heavy atom. The Kier molecular flexibility index (Phi) is 4.85. The molecule has 2 heteroatoms. The van der Waals surface area contributed by atoms with Gasteiger partial charge in [-0.05, 0) is 51.1 Å². The van der Waals surface area contributed by atoms with E-state index in [9.17, 15) is 0 Å². The molecule has 0 N–H and O–H groups in total. The molecular weight excluding hydrogens is 510 g/mol. The van der Waals surface area contributed by atoms with Gasteiger partial charge in [0.15, 0.2) is 0 Å².